The molecule has 0 spiro atoms. The molecule has 2 saturated heterocycles. The molecule has 3 N–H and O–H groups in total. The van der Waals surface area contributed by atoms with Crippen molar-refractivity contribution in [1.82, 2.24) is 15.5 Å². The third-order valence-corrected chi connectivity index (χ3v) is 3.98. The number of nitrogens with one attached hydrogen (secondary N) is 2. The van der Waals surface area contributed by atoms with Crippen LogP contribution in [0.5, 0.6) is 0 Å². The summed E-state index contributed by atoms with van der Waals surface area (Å²) in [6, 6.07) is -0.501. The molecule has 2 aliphatic heterocycles. The van der Waals surface area contributed by atoms with Gasteiger partial charge in [-0.2, -0.15) is 0 Å². The number of rotatable bonds is 5. The lowest BCUT2D eigenvalue weighted by Gasteiger charge is -2.21. The molecule has 110 valence electrons. The Hall–Kier alpha value is -1.89. The van der Waals surface area contributed by atoms with Crippen molar-refractivity contribution < 1.29 is 19.5 Å². The van der Waals surface area contributed by atoms with Crippen LogP contribution < -0.4 is 10.6 Å². The zero-order valence-corrected chi connectivity index (χ0v) is 11.2. The molecule has 0 aromatic rings. The molecule has 2 fully saturated rings. The van der Waals surface area contributed by atoms with Gasteiger partial charge >= 0.3 is 12.0 Å². The maximum absolute atomic E-state index is 11.8. The maximum Gasteiger partial charge on any atom is 0.321 e. The van der Waals surface area contributed by atoms with Gasteiger partial charge in [0.05, 0.1) is 12.5 Å². The van der Waals surface area contributed by atoms with Gasteiger partial charge in [0.25, 0.3) is 0 Å². The number of amides is 3. The van der Waals surface area contributed by atoms with Crippen molar-refractivity contribution in [2.45, 2.75) is 31.3 Å². The maximum atomic E-state index is 11.8. The first kappa shape index (κ1) is 14.5. The molecule has 20 heavy (non-hydrogen) atoms. The summed E-state index contributed by atoms with van der Waals surface area (Å²) in [7, 11) is 0. The molecule has 0 aromatic heterocycles. The van der Waals surface area contributed by atoms with Crippen molar-refractivity contribution in [2.75, 3.05) is 13.1 Å². The number of hydrogen-bond donors (Lipinski definition) is 3. The molecule has 2 rings (SSSR count). The number of fused-ring (bicyclic) bond motifs is 2. The van der Waals surface area contributed by atoms with Gasteiger partial charge in [-0.3, -0.25) is 19.8 Å². The second-order valence-electron chi connectivity index (χ2n) is 5.20. The summed E-state index contributed by atoms with van der Waals surface area (Å²) in [6.07, 6.45) is 3.83. The van der Waals surface area contributed by atoms with Crippen LogP contribution in [0.2, 0.25) is 0 Å². The van der Waals surface area contributed by atoms with E-state index in [1.54, 1.807) is 0 Å². The van der Waals surface area contributed by atoms with Crippen molar-refractivity contribution in [1.29, 1.82) is 0 Å². The number of urea groups is 1. The molecule has 0 aromatic carbocycles. The topological polar surface area (TPSA) is 98.7 Å². The molecule has 2 bridgehead atoms. The largest absolute Gasteiger partial charge is 0.481 e. The third kappa shape index (κ3) is 2.98. The third-order valence-electron chi connectivity index (χ3n) is 3.98. The molecule has 2 heterocycles. The van der Waals surface area contributed by atoms with E-state index in [-0.39, 0.29) is 25.2 Å². The standard InChI is InChI=1S/C13H19N3O4/c1-2-5-14-13(20)15-11(17)7-16-8-3-4-10(16)9(6-8)12(18)19/h2,8-10H,1,3-7H2,(H,18,19)(H2,14,15,17,20). The predicted octanol–water partition coefficient (Wildman–Crippen LogP) is -0.0643. The van der Waals surface area contributed by atoms with E-state index in [0.717, 1.165) is 12.8 Å². The first-order valence-electron chi connectivity index (χ1n) is 6.70. The lowest BCUT2D eigenvalue weighted by Crippen LogP contribution is -2.46. The molecule has 7 nitrogen and oxygen atoms in total. The Labute approximate surface area is 117 Å². The molecular formula is C13H19N3O4. The Morgan fingerprint density at radius 2 is 2.10 bits per heavy atom. The van der Waals surface area contributed by atoms with E-state index in [2.05, 4.69) is 17.2 Å². The summed E-state index contributed by atoms with van der Waals surface area (Å²) in [4.78, 5) is 36.1. The number of nitrogens with zero attached hydrogens (tertiary/aromatic N) is 1. The Bertz CT molecular complexity index is 437. The second-order valence-corrected chi connectivity index (χ2v) is 5.20. The summed E-state index contributed by atoms with van der Waals surface area (Å²) < 4.78 is 0. The van der Waals surface area contributed by atoms with E-state index in [1.165, 1.54) is 6.08 Å². The molecule has 3 atom stereocenters. The van der Waals surface area contributed by atoms with Gasteiger partial charge in [-0.05, 0) is 19.3 Å². The van der Waals surface area contributed by atoms with Crippen LogP contribution in [-0.4, -0.2) is 53.1 Å². The van der Waals surface area contributed by atoms with Crippen LogP contribution in [0.4, 0.5) is 4.79 Å². The van der Waals surface area contributed by atoms with Crippen LogP contribution >= 0.6 is 0 Å². The Kier molecular flexibility index (Phi) is 4.39. The fraction of sp³-hybridized carbons (Fsp3) is 0.615. The molecular weight excluding hydrogens is 262 g/mol. The Morgan fingerprint density at radius 1 is 1.35 bits per heavy atom. The van der Waals surface area contributed by atoms with Gasteiger partial charge in [-0.25, -0.2) is 4.79 Å². The number of carbonyl (C=O) groups excluding carboxylic acids is 2. The quantitative estimate of drug-likeness (QED) is 0.613. The van der Waals surface area contributed by atoms with Crippen LogP contribution in [0.1, 0.15) is 19.3 Å². The van der Waals surface area contributed by atoms with Crippen molar-refractivity contribution in [3.8, 4) is 0 Å². The van der Waals surface area contributed by atoms with E-state index >= 15 is 0 Å². The normalized spacial score (nSPS) is 28.1. The summed E-state index contributed by atoms with van der Waals surface area (Å²) in [6.45, 7) is 3.81. The second kappa shape index (κ2) is 6.04. The highest BCUT2D eigenvalue weighted by Crippen LogP contribution is 2.41. The molecule has 2 aliphatic rings. The minimum Gasteiger partial charge on any atom is -0.481 e. The number of carboxylic acids is 1. The van der Waals surface area contributed by atoms with E-state index < -0.39 is 23.8 Å². The van der Waals surface area contributed by atoms with Crippen molar-refractivity contribution in [3.63, 3.8) is 0 Å². The average Bonchev–Trinajstić information content (AvgIpc) is 2.93. The SMILES string of the molecule is C=CCNC(=O)NC(=O)CN1C2CCC1C(C(=O)O)C2. The van der Waals surface area contributed by atoms with Crippen LogP contribution in [0.25, 0.3) is 0 Å². The highest BCUT2D eigenvalue weighted by atomic mass is 16.4. The molecule has 0 aliphatic carbocycles. The van der Waals surface area contributed by atoms with Crippen LogP contribution in [0.3, 0.4) is 0 Å². The van der Waals surface area contributed by atoms with Crippen LogP contribution in [-0.2, 0) is 9.59 Å². The number of aliphatic carboxylic acids is 1. The monoisotopic (exact) mass is 281 g/mol. The zero-order chi connectivity index (χ0) is 14.7. The lowest BCUT2D eigenvalue weighted by molar-refractivity contribution is -0.143. The van der Waals surface area contributed by atoms with Crippen LogP contribution in [0, 0.1) is 5.92 Å². The summed E-state index contributed by atoms with van der Waals surface area (Å²) in [5.41, 5.74) is 0. The van der Waals surface area contributed by atoms with Crippen LogP contribution in [0.15, 0.2) is 12.7 Å². The highest BCUT2D eigenvalue weighted by Gasteiger charge is 2.49. The van der Waals surface area contributed by atoms with Gasteiger partial charge in [-0.1, -0.05) is 6.08 Å². The molecule has 0 radical (unpaired) electrons. The average molecular weight is 281 g/mol. The van der Waals surface area contributed by atoms with E-state index in [0.29, 0.717) is 6.42 Å². The van der Waals surface area contributed by atoms with Gasteiger partial charge in [0.15, 0.2) is 0 Å². The van der Waals surface area contributed by atoms with E-state index in [1.807, 2.05) is 4.90 Å². The number of hydrogen-bond acceptors (Lipinski definition) is 4. The van der Waals surface area contributed by atoms with Gasteiger partial charge < -0.3 is 10.4 Å². The predicted molar refractivity (Wildman–Crippen MR) is 71.0 cm³/mol. The summed E-state index contributed by atoms with van der Waals surface area (Å²) in [5, 5.41) is 13.8. The molecule has 7 heteroatoms. The van der Waals surface area contributed by atoms with Crippen molar-refractivity contribution in [2.24, 2.45) is 5.92 Å². The van der Waals surface area contributed by atoms with Gasteiger partial charge in [-0.15, -0.1) is 6.58 Å². The Balaban J connectivity index is 1.85. The lowest BCUT2D eigenvalue weighted by atomic mass is 9.89. The van der Waals surface area contributed by atoms with Crippen molar-refractivity contribution >= 4 is 17.9 Å². The fourth-order valence-corrected chi connectivity index (χ4v) is 3.15. The summed E-state index contributed by atoms with van der Waals surface area (Å²) in [5.74, 6) is -1.60. The van der Waals surface area contributed by atoms with E-state index in [9.17, 15) is 14.4 Å². The van der Waals surface area contributed by atoms with E-state index in [4.69, 9.17) is 5.11 Å². The minimum atomic E-state index is -0.800. The molecule has 0 saturated carbocycles. The highest BCUT2D eigenvalue weighted by molar-refractivity contribution is 5.95. The fourth-order valence-electron chi connectivity index (χ4n) is 3.15. The first-order valence-corrected chi connectivity index (χ1v) is 6.70. The van der Waals surface area contributed by atoms with Gasteiger partial charge in [0.2, 0.25) is 5.91 Å². The molecule has 3 unspecified atom stereocenters. The zero-order valence-electron chi connectivity index (χ0n) is 11.2. The minimum absolute atomic E-state index is 0.0701. The molecule has 3 amide bonds. The summed E-state index contributed by atoms with van der Waals surface area (Å²) >= 11 is 0. The van der Waals surface area contributed by atoms with Crippen molar-refractivity contribution in [3.05, 3.63) is 12.7 Å². The number of imide groups is 1. The van der Waals surface area contributed by atoms with Gasteiger partial charge in [0, 0.05) is 18.6 Å². The smallest absolute Gasteiger partial charge is 0.321 e. The Morgan fingerprint density at radius 3 is 2.70 bits per heavy atom. The number of carbonyl (C=O) groups is 3. The first-order chi connectivity index (χ1) is 9.52. The number of carboxylic acid groups (broad SMARTS) is 1. The van der Waals surface area contributed by atoms with Gasteiger partial charge in [0.1, 0.15) is 0 Å².